The Bertz CT molecular complexity index is 580. The van der Waals surface area contributed by atoms with Crippen LogP contribution in [0.3, 0.4) is 0 Å². The first kappa shape index (κ1) is 12.7. The Kier molecular flexibility index (Phi) is 3.87. The van der Waals surface area contributed by atoms with Gasteiger partial charge < -0.3 is 10.4 Å². The second-order valence-electron chi connectivity index (χ2n) is 3.76. The third-order valence-corrected chi connectivity index (χ3v) is 2.42. The molecule has 0 unspecified atom stereocenters. The first-order valence-corrected chi connectivity index (χ1v) is 5.63. The lowest BCUT2D eigenvalue weighted by Gasteiger charge is -2.05. The molecule has 0 spiro atoms. The highest BCUT2D eigenvalue weighted by atomic mass is 16.4. The van der Waals surface area contributed by atoms with E-state index >= 15 is 0 Å². The second-order valence-corrected chi connectivity index (χ2v) is 3.76. The number of carbonyl (C=O) groups is 2. The molecule has 2 rings (SSSR count). The Hall–Kier alpha value is -2.70. The van der Waals surface area contributed by atoms with Crippen molar-refractivity contribution in [2.24, 2.45) is 0 Å². The van der Waals surface area contributed by atoms with Crippen LogP contribution in [0.5, 0.6) is 0 Å². The average molecular weight is 260 g/mol. The Morgan fingerprint density at radius 1 is 1.26 bits per heavy atom. The predicted molar refractivity (Wildman–Crippen MR) is 66.7 cm³/mol. The first-order chi connectivity index (χ1) is 9.16. The van der Waals surface area contributed by atoms with Gasteiger partial charge in [0.05, 0.1) is 6.54 Å². The zero-order chi connectivity index (χ0) is 13.7. The lowest BCUT2D eigenvalue weighted by Crippen LogP contribution is -2.17. The van der Waals surface area contributed by atoms with Crippen molar-refractivity contribution in [2.75, 3.05) is 5.32 Å². The summed E-state index contributed by atoms with van der Waals surface area (Å²) in [6, 6.07) is 6.57. The van der Waals surface area contributed by atoms with Crippen molar-refractivity contribution in [3.63, 3.8) is 0 Å². The van der Waals surface area contributed by atoms with E-state index in [0.29, 0.717) is 5.82 Å². The van der Waals surface area contributed by atoms with Gasteiger partial charge in [0.15, 0.2) is 0 Å². The van der Waals surface area contributed by atoms with Crippen molar-refractivity contribution in [3.05, 3.63) is 42.4 Å². The molecule has 0 aliphatic heterocycles. The van der Waals surface area contributed by atoms with Crippen LogP contribution in [0, 0.1) is 0 Å². The summed E-state index contributed by atoms with van der Waals surface area (Å²) >= 11 is 0. The number of pyridine rings is 1. The number of rotatable bonds is 5. The number of anilines is 1. The normalized spacial score (nSPS) is 10.1. The largest absolute Gasteiger partial charge is 0.477 e. The van der Waals surface area contributed by atoms with E-state index in [1.54, 1.807) is 24.4 Å². The van der Waals surface area contributed by atoms with Gasteiger partial charge in [0.25, 0.3) is 0 Å². The van der Waals surface area contributed by atoms with Gasteiger partial charge in [-0.25, -0.2) is 9.78 Å². The highest BCUT2D eigenvalue weighted by molar-refractivity contribution is 5.89. The maximum absolute atomic E-state index is 11.6. The summed E-state index contributed by atoms with van der Waals surface area (Å²) in [6.45, 7) is 0.202. The fourth-order valence-corrected chi connectivity index (χ4v) is 1.54. The number of nitrogens with zero attached hydrogens (tertiary/aromatic N) is 3. The van der Waals surface area contributed by atoms with Crippen LogP contribution in [0.4, 0.5) is 5.82 Å². The summed E-state index contributed by atoms with van der Waals surface area (Å²) in [7, 11) is 0. The highest BCUT2D eigenvalue weighted by Crippen LogP contribution is 2.03. The monoisotopic (exact) mass is 260 g/mol. The SMILES string of the molecule is O=C(CCn1nccc1C(=O)O)Nc1ccccn1. The van der Waals surface area contributed by atoms with E-state index in [9.17, 15) is 9.59 Å². The Morgan fingerprint density at radius 2 is 2.11 bits per heavy atom. The van der Waals surface area contributed by atoms with E-state index in [1.165, 1.54) is 16.9 Å². The molecule has 0 saturated heterocycles. The summed E-state index contributed by atoms with van der Waals surface area (Å²) in [4.78, 5) is 26.5. The van der Waals surface area contributed by atoms with E-state index in [0.717, 1.165) is 0 Å². The van der Waals surface area contributed by atoms with Gasteiger partial charge in [0.2, 0.25) is 5.91 Å². The van der Waals surface area contributed by atoms with Gasteiger partial charge in [-0.15, -0.1) is 0 Å². The number of carboxylic acids is 1. The minimum Gasteiger partial charge on any atom is -0.477 e. The Morgan fingerprint density at radius 3 is 2.79 bits per heavy atom. The standard InChI is InChI=1S/C12H12N4O3/c17-11(15-10-3-1-2-6-13-10)5-8-16-9(12(18)19)4-7-14-16/h1-4,6-7H,5,8H2,(H,18,19)(H,13,15,17). The molecular formula is C12H12N4O3. The van der Waals surface area contributed by atoms with Crippen LogP contribution < -0.4 is 5.32 Å². The number of amides is 1. The van der Waals surface area contributed by atoms with Crippen LogP contribution in [-0.4, -0.2) is 31.7 Å². The van der Waals surface area contributed by atoms with E-state index in [-0.39, 0.29) is 24.6 Å². The number of aryl methyl sites for hydroxylation is 1. The molecule has 7 heteroatoms. The number of hydrogen-bond acceptors (Lipinski definition) is 4. The molecule has 2 heterocycles. The minimum absolute atomic E-state index is 0.0608. The molecule has 2 N–H and O–H groups in total. The van der Waals surface area contributed by atoms with Crippen molar-refractivity contribution >= 4 is 17.7 Å². The van der Waals surface area contributed by atoms with Crippen molar-refractivity contribution in [1.82, 2.24) is 14.8 Å². The van der Waals surface area contributed by atoms with Crippen molar-refractivity contribution in [1.29, 1.82) is 0 Å². The fraction of sp³-hybridized carbons (Fsp3) is 0.167. The molecule has 0 fully saturated rings. The molecule has 0 aromatic carbocycles. The molecule has 0 saturated carbocycles. The van der Waals surface area contributed by atoms with E-state index in [2.05, 4.69) is 15.4 Å². The number of carboxylic acid groups (broad SMARTS) is 1. The van der Waals surface area contributed by atoms with Gasteiger partial charge in [-0.2, -0.15) is 5.10 Å². The zero-order valence-electron chi connectivity index (χ0n) is 9.98. The molecule has 19 heavy (non-hydrogen) atoms. The molecule has 2 aromatic rings. The second kappa shape index (κ2) is 5.76. The summed E-state index contributed by atoms with van der Waals surface area (Å²) in [5.74, 6) is -0.848. The van der Waals surface area contributed by atoms with E-state index in [1.807, 2.05) is 0 Å². The highest BCUT2D eigenvalue weighted by Gasteiger charge is 2.11. The third kappa shape index (κ3) is 3.38. The van der Waals surface area contributed by atoms with Gasteiger partial charge >= 0.3 is 5.97 Å². The maximum Gasteiger partial charge on any atom is 0.354 e. The number of hydrogen-bond donors (Lipinski definition) is 2. The fourth-order valence-electron chi connectivity index (χ4n) is 1.54. The number of nitrogens with one attached hydrogen (secondary N) is 1. The molecule has 0 radical (unpaired) electrons. The molecule has 0 aliphatic carbocycles. The first-order valence-electron chi connectivity index (χ1n) is 5.63. The molecule has 7 nitrogen and oxygen atoms in total. The van der Waals surface area contributed by atoms with Gasteiger partial charge in [-0.1, -0.05) is 6.07 Å². The lowest BCUT2D eigenvalue weighted by molar-refractivity contribution is -0.116. The van der Waals surface area contributed by atoms with Crippen molar-refractivity contribution in [3.8, 4) is 0 Å². The van der Waals surface area contributed by atoms with Crippen LogP contribution in [0.25, 0.3) is 0 Å². The maximum atomic E-state index is 11.6. The molecule has 1 amide bonds. The third-order valence-electron chi connectivity index (χ3n) is 2.42. The molecule has 2 aromatic heterocycles. The quantitative estimate of drug-likeness (QED) is 0.836. The van der Waals surface area contributed by atoms with Crippen molar-refractivity contribution in [2.45, 2.75) is 13.0 Å². The molecule has 0 aliphatic rings. The van der Waals surface area contributed by atoms with Gasteiger partial charge in [0, 0.05) is 18.8 Å². The number of aromatic nitrogens is 3. The van der Waals surface area contributed by atoms with Crippen LogP contribution in [-0.2, 0) is 11.3 Å². The lowest BCUT2D eigenvalue weighted by atomic mass is 10.3. The van der Waals surface area contributed by atoms with E-state index in [4.69, 9.17) is 5.11 Å². The molecule has 98 valence electrons. The predicted octanol–water partition coefficient (Wildman–Crippen LogP) is 1.01. The zero-order valence-corrected chi connectivity index (χ0v) is 9.98. The van der Waals surface area contributed by atoms with Crippen LogP contribution in [0.1, 0.15) is 16.9 Å². The molecule has 0 bridgehead atoms. The van der Waals surface area contributed by atoms with Crippen LogP contribution >= 0.6 is 0 Å². The summed E-state index contributed by atoms with van der Waals surface area (Å²) in [5.41, 5.74) is 0.0608. The topological polar surface area (TPSA) is 97.1 Å². The minimum atomic E-state index is -1.07. The Labute approximate surface area is 108 Å². The van der Waals surface area contributed by atoms with Crippen molar-refractivity contribution < 1.29 is 14.7 Å². The van der Waals surface area contributed by atoms with Gasteiger partial charge in [-0.3, -0.25) is 9.48 Å². The summed E-state index contributed by atoms with van der Waals surface area (Å²) in [6.07, 6.45) is 3.09. The Balaban J connectivity index is 1.90. The van der Waals surface area contributed by atoms with Gasteiger partial charge in [0.1, 0.15) is 11.5 Å². The smallest absolute Gasteiger partial charge is 0.354 e. The average Bonchev–Trinajstić information content (AvgIpc) is 2.86. The molecule has 0 atom stereocenters. The number of carbonyl (C=O) groups excluding carboxylic acids is 1. The van der Waals surface area contributed by atoms with Crippen LogP contribution in [0.2, 0.25) is 0 Å². The van der Waals surface area contributed by atoms with E-state index < -0.39 is 5.97 Å². The number of aromatic carboxylic acids is 1. The summed E-state index contributed by atoms with van der Waals surface area (Å²) < 4.78 is 1.28. The van der Waals surface area contributed by atoms with Gasteiger partial charge in [-0.05, 0) is 18.2 Å². The van der Waals surface area contributed by atoms with Crippen LogP contribution in [0.15, 0.2) is 36.7 Å². The molecular weight excluding hydrogens is 248 g/mol. The summed E-state index contributed by atoms with van der Waals surface area (Å²) in [5, 5.41) is 15.4.